The smallest absolute Gasteiger partial charge is 0.328 e. The minimum atomic E-state index is -0.899. The lowest BCUT2D eigenvalue weighted by molar-refractivity contribution is -0.131. The van der Waals surface area contributed by atoms with Crippen LogP contribution in [0.2, 0.25) is 0 Å². The molecule has 0 aromatic heterocycles. The molecule has 186 valence electrons. The summed E-state index contributed by atoms with van der Waals surface area (Å²) >= 11 is 0. The highest BCUT2D eigenvalue weighted by molar-refractivity contribution is 5.81. The minimum absolute atomic E-state index is 0.140. The van der Waals surface area contributed by atoms with E-state index >= 15 is 0 Å². The van der Waals surface area contributed by atoms with Gasteiger partial charge in [0.25, 0.3) is 0 Å². The van der Waals surface area contributed by atoms with Crippen molar-refractivity contribution in [2.45, 2.75) is 84.2 Å². The van der Waals surface area contributed by atoms with E-state index in [1.54, 1.807) is 0 Å². The Morgan fingerprint density at radius 3 is 2.34 bits per heavy atom. The molecule has 2 aromatic rings. The molecular weight excluding hydrogens is 432 g/mol. The zero-order valence-corrected chi connectivity index (χ0v) is 22.1. The van der Waals surface area contributed by atoms with Gasteiger partial charge in [-0.05, 0) is 88.7 Å². The summed E-state index contributed by atoms with van der Waals surface area (Å²) in [5.41, 5.74) is 6.50. The van der Waals surface area contributed by atoms with E-state index in [2.05, 4.69) is 77.1 Å². The number of rotatable bonds is 8. The third kappa shape index (κ3) is 5.72. The van der Waals surface area contributed by atoms with E-state index in [9.17, 15) is 4.79 Å². The largest absolute Gasteiger partial charge is 0.489 e. The molecule has 0 saturated heterocycles. The molecule has 3 unspecified atom stereocenters. The van der Waals surface area contributed by atoms with Gasteiger partial charge in [0.05, 0.1) is 0 Å². The Morgan fingerprint density at radius 1 is 1.09 bits per heavy atom. The Balaban J connectivity index is 1.65. The number of fused-ring (bicyclic) bond motifs is 1. The molecule has 0 spiro atoms. The average molecular weight is 473 g/mol. The fourth-order valence-corrected chi connectivity index (χ4v) is 5.60. The van der Waals surface area contributed by atoms with Gasteiger partial charge in [-0.1, -0.05) is 83.2 Å². The maximum atomic E-state index is 10.9. The highest BCUT2D eigenvalue weighted by atomic mass is 16.5. The van der Waals surface area contributed by atoms with Crippen LogP contribution in [0.25, 0.3) is 0 Å². The van der Waals surface area contributed by atoms with E-state index in [4.69, 9.17) is 9.84 Å². The lowest BCUT2D eigenvalue weighted by Crippen LogP contribution is -2.34. The molecule has 0 aliphatic heterocycles. The van der Waals surface area contributed by atoms with Crippen molar-refractivity contribution in [2.24, 2.45) is 11.8 Å². The number of hydrogen-bond acceptors (Lipinski definition) is 2. The molecule has 2 aliphatic rings. The Morgan fingerprint density at radius 2 is 1.71 bits per heavy atom. The standard InChI is InChI=1S/C32H40O3/c1-21(16-30(33)34)12-13-22(2)24-17-25(24)26-18-27-28(32(5,6)15-14-31(27,3)4)19-29(26)35-20-23-10-8-7-9-11-23/h7-13,16,18-19,22,24-25H,14-15,17,20H2,1-6H3,(H,33,34). The van der Waals surface area contributed by atoms with Gasteiger partial charge in [-0.3, -0.25) is 0 Å². The SMILES string of the molecule is CC(C=CC(C)C1CC1c1cc2c(cc1OCc1ccccc1)C(C)(C)CCC2(C)C)=CC(=O)O. The maximum absolute atomic E-state index is 10.9. The van der Waals surface area contributed by atoms with Crippen LogP contribution in [0.15, 0.2) is 66.3 Å². The highest BCUT2D eigenvalue weighted by Crippen LogP contribution is 2.57. The molecule has 3 heteroatoms. The van der Waals surface area contributed by atoms with Crippen molar-refractivity contribution in [2.75, 3.05) is 0 Å². The molecule has 3 nitrogen and oxygen atoms in total. The molecule has 35 heavy (non-hydrogen) atoms. The first-order valence-corrected chi connectivity index (χ1v) is 12.9. The van der Waals surface area contributed by atoms with Crippen LogP contribution in [0.4, 0.5) is 0 Å². The zero-order chi connectivity index (χ0) is 25.4. The Hall–Kier alpha value is -2.81. The number of carboxylic acid groups (broad SMARTS) is 1. The van der Waals surface area contributed by atoms with Gasteiger partial charge in [0.1, 0.15) is 12.4 Å². The van der Waals surface area contributed by atoms with Gasteiger partial charge in [-0.25, -0.2) is 4.79 Å². The molecule has 0 bridgehead atoms. The molecule has 1 N–H and O–H groups in total. The summed E-state index contributed by atoms with van der Waals surface area (Å²) in [4.78, 5) is 10.9. The lowest BCUT2D eigenvalue weighted by atomic mass is 9.62. The quantitative estimate of drug-likeness (QED) is 0.313. The van der Waals surface area contributed by atoms with Gasteiger partial charge in [-0.15, -0.1) is 0 Å². The number of allylic oxidation sites excluding steroid dienone is 3. The van der Waals surface area contributed by atoms with E-state index < -0.39 is 5.97 Å². The second kappa shape index (κ2) is 9.68. The van der Waals surface area contributed by atoms with Gasteiger partial charge in [0, 0.05) is 6.08 Å². The molecule has 0 radical (unpaired) electrons. The molecule has 1 saturated carbocycles. The van der Waals surface area contributed by atoms with Crippen LogP contribution in [-0.2, 0) is 22.2 Å². The van der Waals surface area contributed by atoms with Gasteiger partial charge in [0.2, 0.25) is 0 Å². The Labute approximate surface area is 210 Å². The molecule has 2 aromatic carbocycles. The second-order valence-corrected chi connectivity index (χ2v) is 11.9. The molecule has 2 aliphatic carbocycles. The summed E-state index contributed by atoms with van der Waals surface area (Å²) < 4.78 is 6.53. The van der Waals surface area contributed by atoms with Gasteiger partial charge in [-0.2, -0.15) is 0 Å². The van der Waals surface area contributed by atoms with Crippen LogP contribution in [0.1, 0.15) is 89.0 Å². The van der Waals surface area contributed by atoms with Gasteiger partial charge < -0.3 is 9.84 Å². The summed E-state index contributed by atoms with van der Waals surface area (Å²) in [7, 11) is 0. The predicted molar refractivity (Wildman–Crippen MR) is 143 cm³/mol. The Bertz CT molecular complexity index is 1140. The topological polar surface area (TPSA) is 46.5 Å². The van der Waals surface area contributed by atoms with Gasteiger partial charge >= 0.3 is 5.97 Å². The van der Waals surface area contributed by atoms with Gasteiger partial charge in [0.15, 0.2) is 0 Å². The maximum Gasteiger partial charge on any atom is 0.328 e. The molecule has 0 heterocycles. The van der Waals surface area contributed by atoms with Crippen LogP contribution in [-0.4, -0.2) is 11.1 Å². The van der Waals surface area contributed by atoms with E-state index in [0.29, 0.717) is 24.4 Å². The number of aliphatic carboxylic acids is 1. The number of hydrogen-bond donors (Lipinski definition) is 1. The van der Waals surface area contributed by atoms with Crippen molar-refractivity contribution in [1.29, 1.82) is 0 Å². The van der Waals surface area contributed by atoms with E-state index in [1.807, 2.05) is 19.1 Å². The zero-order valence-electron chi connectivity index (χ0n) is 22.1. The van der Waals surface area contributed by atoms with Crippen molar-refractivity contribution in [3.8, 4) is 5.75 Å². The van der Waals surface area contributed by atoms with Crippen LogP contribution in [0.3, 0.4) is 0 Å². The summed E-state index contributed by atoms with van der Waals surface area (Å²) in [5.74, 6) is 1.52. The third-order valence-corrected chi connectivity index (χ3v) is 8.15. The van der Waals surface area contributed by atoms with E-state index in [0.717, 1.165) is 17.7 Å². The third-order valence-electron chi connectivity index (χ3n) is 8.15. The summed E-state index contributed by atoms with van der Waals surface area (Å²) in [6.45, 7) is 14.1. The van der Waals surface area contributed by atoms with Crippen molar-refractivity contribution in [1.82, 2.24) is 0 Å². The highest BCUT2D eigenvalue weighted by Gasteiger charge is 2.45. The molecule has 3 atom stereocenters. The van der Waals surface area contributed by atoms with Crippen LogP contribution >= 0.6 is 0 Å². The first-order valence-electron chi connectivity index (χ1n) is 12.9. The average Bonchev–Trinajstić information content (AvgIpc) is 3.60. The second-order valence-electron chi connectivity index (χ2n) is 11.9. The first-order chi connectivity index (χ1) is 16.5. The molecular formula is C32H40O3. The lowest BCUT2D eigenvalue weighted by Gasteiger charge is -2.42. The Kier molecular flexibility index (Phi) is 6.99. The fourth-order valence-electron chi connectivity index (χ4n) is 5.60. The van der Waals surface area contributed by atoms with Crippen LogP contribution in [0.5, 0.6) is 5.75 Å². The van der Waals surface area contributed by atoms with Crippen molar-refractivity contribution < 1.29 is 14.6 Å². The molecule has 4 rings (SSSR count). The van der Waals surface area contributed by atoms with E-state index in [-0.39, 0.29) is 10.8 Å². The van der Waals surface area contributed by atoms with Crippen LogP contribution in [0, 0.1) is 11.8 Å². The minimum Gasteiger partial charge on any atom is -0.489 e. The van der Waals surface area contributed by atoms with E-state index in [1.165, 1.54) is 41.2 Å². The van der Waals surface area contributed by atoms with Crippen molar-refractivity contribution in [3.05, 3.63) is 88.5 Å². The molecule has 1 fully saturated rings. The summed E-state index contributed by atoms with van der Waals surface area (Å²) in [6, 6.07) is 15.2. The number of benzene rings is 2. The first kappa shape index (κ1) is 25.3. The van der Waals surface area contributed by atoms with Crippen molar-refractivity contribution >= 4 is 5.97 Å². The van der Waals surface area contributed by atoms with Crippen LogP contribution < -0.4 is 4.74 Å². The summed E-state index contributed by atoms with van der Waals surface area (Å²) in [5, 5.41) is 8.98. The predicted octanol–water partition coefficient (Wildman–Crippen LogP) is 7.94. The fraction of sp³-hybridized carbons (Fsp3) is 0.469. The number of carbonyl (C=O) groups is 1. The summed E-state index contributed by atoms with van der Waals surface area (Å²) in [6.07, 6.45) is 8.88. The normalized spacial score (nSPS) is 23.5. The van der Waals surface area contributed by atoms with Crippen molar-refractivity contribution in [3.63, 3.8) is 0 Å². The number of ether oxygens (including phenoxy) is 1. The molecule has 0 amide bonds. The number of carboxylic acids is 1. The monoisotopic (exact) mass is 472 g/mol.